The third-order valence-corrected chi connectivity index (χ3v) is 16.8. The van der Waals surface area contributed by atoms with E-state index in [1.165, 1.54) is 67.1 Å². The quantitative estimate of drug-likeness (QED) is 0.00957. The van der Waals surface area contributed by atoms with E-state index in [-0.39, 0.29) is 101 Å². The molecular formula is C106H214N14O17S7. The van der Waals surface area contributed by atoms with Crippen LogP contribution in [0.5, 0.6) is 17.2 Å². The Morgan fingerprint density at radius 1 is 0.319 bits per heavy atom. The van der Waals surface area contributed by atoms with Gasteiger partial charge in [-0.2, -0.15) is 75.8 Å². The Morgan fingerprint density at radius 2 is 0.611 bits per heavy atom. The normalized spacial score (nSPS) is 10.1. The largest absolute Gasteiger partial charge is 0.494 e. The predicted octanol–water partition coefficient (Wildman–Crippen LogP) is 16.5. The molecule has 0 spiro atoms. The zero-order valence-electron chi connectivity index (χ0n) is 92.3. The number of ether oxygens (including phenoxy) is 4. The van der Waals surface area contributed by atoms with Crippen LogP contribution in [0.1, 0.15) is 273 Å². The van der Waals surface area contributed by atoms with E-state index >= 15 is 0 Å². The molecule has 0 aliphatic heterocycles. The van der Waals surface area contributed by atoms with E-state index in [0.717, 1.165) is 230 Å². The number of thiol groups is 6. The summed E-state index contributed by atoms with van der Waals surface area (Å²) in [4.78, 5) is 9.75. The standard InChI is InChI=1S/C15H21N3.C15H26N2O.C14H19N3.C13H22N2O2.C13H22N2O.C12H20N2OS.6C4H10S.12H2O/c1-12-11-15(17-10-6-2-5-9-16)13-7-3-4-8-14(13)18-12;1-2-3-12-18-15-9-7-8-14(13-15)17-11-6-4-5-10-16;15-9-2-1-3-10-16-13-7-4-8-14-12(13)6-5-11-17-14;1-16-11-17-13-7-5-6-12(10-13)15-9-4-2-3-8-14;1-2-16-13-8-6-7-12(11-13)15-10-5-3-4-9-14;1-16(15)12-7-5-11(6-8-12)14-10-4-2-3-9-13;6*1-4(2,3)5;;;;;;;;;;;;/h3-4,7-8,11H,2,5-6,9-10,16H2,1H3,(H,17,18);7-9,13,17H,2-6,10-12,16H2,1H3;4-8,11,16H,1-3,9-10,15H2;5-7,10,15H,2-4,8-9,11,14H2,1H3;6-8,11,15H,2-5,9-10,14H2,1H3;5-8,14H,2-4,9-10,13H2,1H3;6*5H,1-3H3;12*1H2. The topological polar surface area (TPSA) is 686 Å². The van der Waals surface area contributed by atoms with Gasteiger partial charge in [0.25, 0.3) is 0 Å². The summed E-state index contributed by atoms with van der Waals surface area (Å²) in [6.45, 7) is 55.5. The predicted molar refractivity (Wildman–Crippen MR) is 655 cm³/mol. The van der Waals surface area contributed by atoms with Gasteiger partial charge in [0.1, 0.15) is 17.2 Å². The lowest BCUT2D eigenvalue weighted by Crippen LogP contribution is -2.05. The molecule has 0 fully saturated rings. The van der Waals surface area contributed by atoms with E-state index in [2.05, 4.69) is 304 Å². The van der Waals surface area contributed by atoms with Crippen LogP contribution in [-0.4, -0.2) is 220 Å². The molecular weight excluding hydrogens is 1970 g/mol. The van der Waals surface area contributed by atoms with Gasteiger partial charge in [0, 0.05) is 172 Å². The van der Waals surface area contributed by atoms with Gasteiger partial charge in [-0.05, 0) is 234 Å². The SMILES string of the molecule is CC(C)(C)S.CC(C)(C)S.CC(C)(C)S.CC(C)(C)S.CC(C)(C)S.CC(C)(C)S.CCCCOc1cccc(NCCCCCN)c1.CCOc1cccc(NCCCCCN)c1.COCOc1cccc(NCCCCCN)c1.CS(=O)c1ccc(NCCCCCN)cc1.Cc1cc(NCCCCCN)c2ccccc2n1.NCCCCCNc1cccc2ncccc12.O.O.O.O.O.O.O.O.O.O.O.O. The Bertz CT molecular complexity index is 3900. The van der Waals surface area contributed by atoms with Crippen molar-refractivity contribution in [2.45, 2.75) is 307 Å². The molecule has 0 radical (unpaired) electrons. The van der Waals surface area contributed by atoms with E-state index in [9.17, 15) is 4.21 Å². The summed E-state index contributed by atoms with van der Waals surface area (Å²) in [5.41, 5.74) is 42.6. The first kappa shape index (κ1) is 174. The monoisotopic (exact) mass is 2180 g/mol. The Kier molecular flexibility index (Phi) is 132. The van der Waals surface area contributed by atoms with E-state index in [4.69, 9.17) is 53.3 Å². The molecule has 2 heterocycles. The van der Waals surface area contributed by atoms with Gasteiger partial charge in [0.15, 0.2) is 6.79 Å². The fourth-order valence-corrected chi connectivity index (χ4v) is 10.8. The molecule has 0 aliphatic rings. The highest BCUT2D eigenvalue weighted by Crippen LogP contribution is 2.26. The first-order chi connectivity index (χ1) is 62.1. The van der Waals surface area contributed by atoms with Gasteiger partial charge in [0.05, 0.1) is 24.2 Å². The zero-order valence-corrected chi connectivity index (χ0v) is 98.5. The molecule has 0 amide bonds. The summed E-state index contributed by atoms with van der Waals surface area (Å²) in [5.74, 6) is 2.70. The molecule has 2 aromatic heterocycles. The average Bonchev–Trinajstić information content (AvgIpc) is 0.819. The number of benzene rings is 6. The van der Waals surface area contributed by atoms with Gasteiger partial charge in [-0.1, -0.05) is 219 Å². The maximum Gasteiger partial charge on any atom is 0.188 e. The second-order valence-electron chi connectivity index (χ2n) is 37.6. The van der Waals surface area contributed by atoms with E-state index in [1.807, 2.05) is 123 Å². The molecule has 0 aliphatic carbocycles. The third kappa shape index (κ3) is 134. The minimum absolute atomic E-state index is 0. The molecule has 0 saturated carbocycles. The highest BCUT2D eigenvalue weighted by atomic mass is 32.2. The lowest BCUT2D eigenvalue weighted by Gasteiger charge is -2.10. The van der Waals surface area contributed by atoms with E-state index in [0.29, 0.717) is 6.61 Å². The van der Waals surface area contributed by atoms with Crippen LogP contribution in [0.25, 0.3) is 21.8 Å². The van der Waals surface area contributed by atoms with Gasteiger partial charge >= 0.3 is 0 Å². The maximum absolute atomic E-state index is 11.2. The van der Waals surface area contributed by atoms with Crippen molar-refractivity contribution in [2.24, 2.45) is 34.4 Å². The lowest BCUT2D eigenvalue weighted by molar-refractivity contribution is 0.0511. The van der Waals surface area contributed by atoms with Crippen molar-refractivity contribution in [3.63, 3.8) is 0 Å². The summed E-state index contributed by atoms with van der Waals surface area (Å²) >= 11 is 24.7. The highest BCUT2D eigenvalue weighted by molar-refractivity contribution is 7.84. The van der Waals surface area contributed by atoms with Crippen LogP contribution in [0.3, 0.4) is 0 Å². The Morgan fingerprint density at radius 3 is 0.938 bits per heavy atom. The number of hydrogen-bond acceptors (Lipinski definition) is 25. The number of pyridine rings is 2. The van der Waals surface area contributed by atoms with Crippen LogP contribution in [0.15, 0.2) is 169 Å². The molecule has 1 atom stereocenters. The van der Waals surface area contributed by atoms with Gasteiger partial charge < -0.3 is 151 Å². The molecule has 42 N–H and O–H groups in total. The number of rotatable bonds is 46. The number of nitrogens with one attached hydrogen (secondary N) is 6. The van der Waals surface area contributed by atoms with Gasteiger partial charge in [0.2, 0.25) is 0 Å². The van der Waals surface area contributed by atoms with Crippen LogP contribution in [-0.2, 0) is 15.5 Å². The fourth-order valence-electron chi connectivity index (χ4n) is 10.2. The minimum atomic E-state index is -0.889. The summed E-state index contributed by atoms with van der Waals surface area (Å²) < 4.78 is 33.7. The van der Waals surface area contributed by atoms with Gasteiger partial charge in [-0.25, -0.2) is 0 Å². The zero-order chi connectivity index (χ0) is 101. The number of aryl methyl sites for hydroxylation is 1. The molecule has 6 aromatic carbocycles. The Balaban J connectivity index is -0.0000000907. The summed E-state index contributed by atoms with van der Waals surface area (Å²) in [6.07, 6.45) is 26.4. The highest BCUT2D eigenvalue weighted by Gasteiger charge is 2.08. The van der Waals surface area contributed by atoms with Crippen molar-refractivity contribution in [2.75, 3.05) is 144 Å². The van der Waals surface area contributed by atoms with Crippen LogP contribution < -0.4 is 80.5 Å². The second kappa shape index (κ2) is 110. The number of anilines is 6. The van der Waals surface area contributed by atoms with Crippen LogP contribution in [0.4, 0.5) is 34.1 Å². The number of aromatic nitrogens is 2. The van der Waals surface area contributed by atoms with Crippen LogP contribution in [0, 0.1) is 6.92 Å². The number of hydrogen-bond donors (Lipinski definition) is 18. The van der Waals surface area contributed by atoms with E-state index in [1.54, 1.807) is 13.4 Å². The van der Waals surface area contributed by atoms with Crippen molar-refractivity contribution in [3.8, 4) is 17.2 Å². The van der Waals surface area contributed by atoms with E-state index < -0.39 is 10.8 Å². The Labute approximate surface area is 907 Å². The first-order valence-corrected chi connectivity index (χ1v) is 52.1. The molecule has 0 bridgehead atoms. The Hall–Kier alpha value is -6.17. The fraction of sp³-hybridized carbons (Fsp3) is 0.604. The van der Waals surface area contributed by atoms with Crippen molar-refractivity contribution in [1.29, 1.82) is 0 Å². The summed E-state index contributed by atoms with van der Waals surface area (Å²) in [7, 11) is 0.722. The molecule has 144 heavy (non-hydrogen) atoms. The van der Waals surface area contributed by atoms with Crippen LogP contribution >= 0.6 is 75.8 Å². The van der Waals surface area contributed by atoms with Crippen molar-refractivity contribution in [3.05, 3.63) is 170 Å². The lowest BCUT2D eigenvalue weighted by atomic mass is 10.1. The maximum atomic E-state index is 11.2. The number of methoxy groups -OCH3 is 1. The molecule has 0 saturated heterocycles. The molecule has 852 valence electrons. The summed E-state index contributed by atoms with van der Waals surface area (Å²) in [6, 6.07) is 52.5. The molecule has 1 unspecified atom stereocenters. The smallest absolute Gasteiger partial charge is 0.188 e. The van der Waals surface area contributed by atoms with Crippen molar-refractivity contribution in [1.82, 2.24) is 9.97 Å². The average molecular weight is 2180 g/mol. The molecule has 8 rings (SSSR count). The number of nitrogens with two attached hydrogens (primary N) is 6. The number of para-hydroxylation sites is 1. The first-order valence-electron chi connectivity index (χ1n) is 47.8. The summed E-state index contributed by atoms with van der Waals surface area (Å²) in [5, 5.41) is 22.8. The third-order valence-electron chi connectivity index (χ3n) is 15.8. The van der Waals surface area contributed by atoms with Gasteiger partial charge in [-0.15, -0.1) is 0 Å². The number of fused-ring (bicyclic) bond motifs is 2. The minimum Gasteiger partial charge on any atom is -0.494 e. The molecule has 38 heteroatoms. The van der Waals surface area contributed by atoms with Crippen LogP contribution in [0.2, 0.25) is 0 Å². The van der Waals surface area contributed by atoms with Crippen molar-refractivity contribution < 1.29 is 88.9 Å². The van der Waals surface area contributed by atoms with Gasteiger partial charge in [-0.3, -0.25) is 14.2 Å². The number of nitrogens with zero attached hydrogens (tertiary/aromatic N) is 2. The second-order valence-corrected chi connectivity index (χ2v) is 47.1. The molecule has 8 aromatic rings. The van der Waals surface area contributed by atoms with Crippen molar-refractivity contribution >= 4 is 143 Å². The molecule has 31 nitrogen and oxygen atoms in total. The number of unbranched alkanes of at least 4 members (excludes halogenated alkanes) is 13.